The number of fused-ring (bicyclic) bond motifs is 2. The zero-order valence-electron chi connectivity index (χ0n) is 29.9. The van der Waals surface area contributed by atoms with Crippen LogP contribution in [0.15, 0.2) is 71.2 Å². The van der Waals surface area contributed by atoms with Crippen molar-refractivity contribution >= 4 is 58.3 Å². The van der Waals surface area contributed by atoms with Crippen LogP contribution in [0.3, 0.4) is 0 Å². The lowest BCUT2D eigenvalue weighted by atomic mass is 9.82. The molecule has 5 atom stereocenters. The molecule has 0 aliphatic carbocycles. The first kappa shape index (κ1) is 35.9. The Morgan fingerprint density at radius 3 is 2.45 bits per heavy atom. The first-order valence-electron chi connectivity index (χ1n) is 18.2. The molecular formula is C40H48BrN3O6Si. The van der Waals surface area contributed by atoms with Gasteiger partial charge < -0.3 is 29.3 Å². The molecule has 51 heavy (non-hydrogen) atoms. The molecule has 0 bridgehead atoms. The van der Waals surface area contributed by atoms with Gasteiger partial charge in [-0.05, 0) is 79.3 Å². The van der Waals surface area contributed by atoms with Crippen molar-refractivity contribution in [2.24, 2.45) is 5.92 Å². The van der Waals surface area contributed by atoms with E-state index in [2.05, 4.69) is 48.1 Å². The highest BCUT2D eigenvalue weighted by Gasteiger charge is 2.66. The van der Waals surface area contributed by atoms with Crippen molar-refractivity contribution in [3.05, 3.63) is 82.3 Å². The van der Waals surface area contributed by atoms with Crippen LogP contribution in [0.2, 0.25) is 18.6 Å². The van der Waals surface area contributed by atoms with E-state index in [1.807, 2.05) is 69.3 Å². The van der Waals surface area contributed by atoms with Gasteiger partial charge in [0.25, 0.3) is 5.91 Å². The van der Waals surface area contributed by atoms with Gasteiger partial charge in [-0.15, -0.1) is 0 Å². The summed E-state index contributed by atoms with van der Waals surface area (Å²) in [6.45, 7) is 8.40. The minimum Gasteiger partial charge on any atom is -0.497 e. The number of aliphatic hydroxyl groups excluding tert-OH is 1. The highest BCUT2D eigenvalue weighted by Crippen LogP contribution is 2.60. The normalized spacial score (nSPS) is 26.4. The summed E-state index contributed by atoms with van der Waals surface area (Å²) in [5.41, 5.74) is 2.09. The summed E-state index contributed by atoms with van der Waals surface area (Å²) >= 11 is 3.69. The molecule has 3 aromatic rings. The lowest BCUT2D eigenvalue weighted by Crippen LogP contribution is -2.52. The highest BCUT2D eigenvalue weighted by molar-refractivity contribution is 9.10. The van der Waals surface area contributed by atoms with Crippen LogP contribution in [0.4, 0.5) is 11.4 Å². The predicted octanol–water partition coefficient (Wildman–Crippen LogP) is 6.11. The zero-order valence-corrected chi connectivity index (χ0v) is 32.5. The van der Waals surface area contributed by atoms with Gasteiger partial charge in [0.15, 0.2) is 5.60 Å². The van der Waals surface area contributed by atoms with Crippen LogP contribution in [-0.2, 0) is 31.3 Å². The summed E-state index contributed by atoms with van der Waals surface area (Å²) < 4.78 is 13.5. The van der Waals surface area contributed by atoms with Gasteiger partial charge in [0.2, 0.25) is 11.8 Å². The van der Waals surface area contributed by atoms with Crippen LogP contribution >= 0.6 is 15.9 Å². The Kier molecular flexibility index (Phi) is 9.94. The SMILES string of the molecule is COc1ccc([Si](C)(C)[C@H]2[C@H](CC(=O)N3CCC[C@H]3CO)O[C@@]3(C(=O)N(Cc4ccc(N5CCCCC5=O)cc4)c4ccc(Br)cc43)[C@@H]2C)cc1. The Morgan fingerprint density at radius 2 is 1.76 bits per heavy atom. The van der Waals surface area contributed by atoms with Crippen molar-refractivity contribution in [2.45, 2.75) is 88.4 Å². The third-order valence-electron chi connectivity index (χ3n) is 12.0. The second-order valence-electron chi connectivity index (χ2n) is 15.1. The molecule has 1 N–H and O–H groups in total. The van der Waals surface area contributed by atoms with Gasteiger partial charge in [-0.3, -0.25) is 14.4 Å². The van der Waals surface area contributed by atoms with Gasteiger partial charge in [0.05, 0.1) is 52.6 Å². The first-order valence-corrected chi connectivity index (χ1v) is 22.1. The van der Waals surface area contributed by atoms with E-state index < -0.39 is 19.8 Å². The number of amides is 3. The Balaban J connectivity index is 1.25. The lowest BCUT2D eigenvalue weighted by Gasteiger charge is -2.37. The fourth-order valence-electron chi connectivity index (χ4n) is 9.33. The molecule has 0 unspecified atom stereocenters. The summed E-state index contributed by atoms with van der Waals surface area (Å²) in [5, 5.41) is 11.2. The molecule has 3 saturated heterocycles. The van der Waals surface area contributed by atoms with E-state index in [1.54, 1.807) is 7.11 Å². The highest BCUT2D eigenvalue weighted by atomic mass is 79.9. The second-order valence-corrected chi connectivity index (χ2v) is 20.8. The Bertz CT molecular complexity index is 1800. The van der Waals surface area contributed by atoms with Gasteiger partial charge in [0.1, 0.15) is 5.75 Å². The maximum atomic E-state index is 15.2. The van der Waals surface area contributed by atoms with E-state index in [4.69, 9.17) is 9.47 Å². The summed E-state index contributed by atoms with van der Waals surface area (Å²) in [6.07, 6.45) is 3.78. The maximum Gasteiger partial charge on any atom is 0.264 e. The molecule has 3 aromatic carbocycles. The van der Waals surface area contributed by atoms with Crippen LogP contribution < -0.4 is 19.7 Å². The van der Waals surface area contributed by atoms with Gasteiger partial charge in [-0.1, -0.05) is 65.4 Å². The third kappa shape index (κ3) is 6.23. The lowest BCUT2D eigenvalue weighted by molar-refractivity contribution is -0.150. The standard InChI is InChI=1S/C40H48BrN3O6Si/c1-26-38(51(3,4)32-17-15-31(49-2)16-18-32)35(23-37(47)43-21-7-8-30(43)25-45)50-40(26)33-22-28(41)12-19-34(33)44(39(40)48)24-27-10-13-29(14-11-27)42-20-6-5-9-36(42)46/h10-19,22,26,30,35,38,45H,5-9,20-21,23-25H2,1-4H3/t26-,30+,35+,38-,40+/m1/s1. The molecular weight excluding hydrogens is 726 g/mol. The fraction of sp³-hybridized carbons (Fsp3) is 0.475. The third-order valence-corrected chi connectivity index (χ3v) is 16.8. The molecule has 3 amide bonds. The van der Waals surface area contributed by atoms with Crippen molar-refractivity contribution in [3.63, 3.8) is 0 Å². The van der Waals surface area contributed by atoms with E-state index in [-0.39, 0.29) is 48.3 Å². The summed E-state index contributed by atoms with van der Waals surface area (Å²) in [6, 6.07) is 21.9. The smallest absolute Gasteiger partial charge is 0.264 e. The van der Waals surface area contributed by atoms with Crippen molar-refractivity contribution in [2.75, 3.05) is 36.6 Å². The largest absolute Gasteiger partial charge is 0.497 e. The molecule has 4 aliphatic rings. The van der Waals surface area contributed by atoms with E-state index >= 15 is 4.79 Å². The number of hydrogen-bond acceptors (Lipinski definition) is 6. The number of likely N-dealkylation sites (tertiary alicyclic amines) is 1. The fourth-order valence-corrected chi connectivity index (χ4v) is 13.7. The topological polar surface area (TPSA) is 99.6 Å². The molecule has 4 heterocycles. The molecule has 9 nitrogen and oxygen atoms in total. The Labute approximate surface area is 310 Å². The number of aliphatic hydroxyl groups is 1. The minimum atomic E-state index is -2.44. The molecule has 0 saturated carbocycles. The number of methoxy groups -OCH3 is 1. The van der Waals surface area contributed by atoms with Crippen LogP contribution in [0.5, 0.6) is 5.75 Å². The van der Waals surface area contributed by atoms with Crippen LogP contribution in [0.25, 0.3) is 0 Å². The second kappa shape index (κ2) is 14.1. The van der Waals surface area contributed by atoms with E-state index in [9.17, 15) is 14.7 Å². The number of ether oxygens (including phenoxy) is 2. The summed E-state index contributed by atoms with van der Waals surface area (Å²) in [4.78, 5) is 47.3. The number of rotatable bonds is 9. The summed E-state index contributed by atoms with van der Waals surface area (Å²) in [5.74, 6) is 0.534. The maximum absolute atomic E-state index is 15.2. The van der Waals surface area contributed by atoms with Crippen LogP contribution in [-0.4, -0.2) is 74.8 Å². The monoisotopic (exact) mass is 773 g/mol. The number of anilines is 2. The first-order chi connectivity index (χ1) is 24.5. The Hall–Kier alpha value is -3.51. The van der Waals surface area contributed by atoms with Gasteiger partial charge >= 0.3 is 0 Å². The van der Waals surface area contributed by atoms with Gasteiger partial charge in [0, 0.05) is 41.2 Å². The quantitative estimate of drug-likeness (QED) is 0.264. The number of carbonyl (C=O) groups is 3. The van der Waals surface area contributed by atoms with Crippen LogP contribution in [0, 0.1) is 5.92 Å². The van der Waals surface area contributed by atoms with E-state index in [0.29, 0.717) is 19.5 Å². The van der Waals surface area contributed by atoms with Crippen molar-refractivity contribution in [1.29, 1.82) is 0 Å². The Morgan fingerprint density at radius 1 is 1.02 bits per heavy atom. The van der Waals surface area contributed by atoms with Crippen molar-refractivity contribution in [3.8, 4) is 5.75 Å². The van der Waals surface area contributed by atoms with E-state index in [0.717, 1.165) is 65.0 Å². The molecule has 7 rings (SSSR count). The molecule has 0 radical (unpaired) electrons. The number of hydrogen-bond donors (Lipinski definition) is 1. The molecule has 270 valence electrons. The summed E-state index contributed by atoms with van der Waals surface area (Å²) in [7, 11) is -0.780. The molecule has 3 fully saturated rings. The molecule has 11 heteroatoms. The molecule has 4 aliphatic heterocycles. The van der Waals surface area contributed by atoms with Gasteiger partial charge in [-0.25, -0.2) is 0 Å². The average molecular weight is 775 g/mol. The van der Waals surface area contributed by atoms with E-state index in [1.165, 1.54) is 5.19 Å². The van der Waals surface area contributed by atoms with Crippen LogP contribution in [0.1, 0.15) is 56.6 Å². The molecule has 0 aromatic heterocycles. The minimum absolute atomic E-state index is 0.0330. The van der Waals surface area contributed by atoms with Crippen molar-refractivity contribution < 1.29 is 29.0 Å². The zero-order chi connectivity index (χ0) is 36.1. The van der Waals surface area contributed by atoms with Crippen molar-refractivity contribution in [1.82, 2.24) is 4.90 Å². The number of nitrogens with zero attached hydrogens (tertiary/aromatic N) is 3. The van der Waals surface area contributed by atoms with Gasteiger partial charge in [-0.2, -0.15) is 0 Å². The number of piperidine rings is 1. The average Bonchev–Trinajstić information content (AvgIpc) is 3.79. The number of benzene rings is 3. The number of halogens is 1. The number of carbonyl (C=O) groups excluding carboxylic acids is 3. The predicted molar refractivity (Wildman–Crippen MR) is 204 cm³/mol. The molecule has 1 spiro atoms.